The minimum Gasteiger partial charge on any atom is -0.324 e. The summed E-state index contributed by atoms with van der Waals surface area (Å²) in [5.41, 5.74) is 9.23. The minimum absolute atomic E-state index is 0.984. The fourth-order valence-electron chi connectivity index (χ4n) is 2.42. The van der Waals surface area contributed by atoms with Crippen molar-refractivity contribution in [2.45, 2.75) is 12.8 Å². The van der Waals surface area contributed by atoms with E-state index in [-0.39, 0.29) is 0 Å². The van der Waals surface area contributed by atoms with E-state index >= 15 is 0 Å². The Morgan fingerprint density at radius 3 is 2.50 bits per heavy atom. The van der Waals surface area contributed by atoms with E-state index in [0.717, 1.165) is 18.5 Å². The minimum atomic E-state index is 0.984. The molecule has 0 saturated heterocycles. The van der Waals surface area contributed by atoms with Crippen LogP contribution < -0.4 is 11.3 Å². The molecule has 2 aromatic carbocycles. The molecule has 3 N–H and O–H groups in total. The summed E-state index contributed by atoms with van der Waals surface area (Å²) < 4.78 is 0. The molecule has 1 aliphatic rings. The van der Waals surface area contributed by atoms with Crippen molar-refractivity contribution < 1.29 is 0 Å². The van der Waals surface area contributed by atoms with E-state index in [1.54, 1.807) is 0 Å². The first-order valence-corrected chi connectivity index (χ1v) is 5.56. The van der Waals surface area contributed by atoms with Crippen molar-refractivity contribution in [2.75, 3.05) is 5.43 Å². The van der Waals surface area contributed by atoms with Gasteiger partial charge in [-0.25, -0.2) is 0 Å². The molecule has 2 nitrogen and oxygen atoms in total. The van der Waals surface area contributed by atoms with Crippen LogP contribution in [0.1, 0.15) is 11.1 Å². The lowest BCUT2D eigenvalue weighted by Gasteiger charge is -2.20. The average Bonchev–Trinajstić information content (AvgIpc) is 2.38. The Balaban J connectivity index is 2.18. The Morgan fingerprint density at radius 1 is 0.875 bits per heavy atom. The molecule has 0 fully saturated rings. The van der Waals surface area contributed by atoms with Crippen molar-refractivity contribution in [2.24, 2.45) is 5.84 Å². The van der Waals surface area contributed by atoms with Gasteiger partial charge in [-0.1, -0.05) is 30.3 Å². The van der Waals surface area contributed by atoms with E-state index in [9.17, 15) is 0 Å². The highest BCUT2D eigenvalue weighted by Gasteiger charge is 2.15. The molecular formula is C14H14N2. The van der Waals surface area contributed by atoms with Gasteiger partial charge >= 0.3 is 0 Å². The highest BCUT2D eigenvalue weighted by Crippen LogP contribution is 2.34. The summed E-state index contributed by atoms with van der Waals surface area (Å²) in [6.45, 7) is 0. The average molecular weight is 210 g/mol. The summed E-state index contributed by atoms with van der Waals surface area (Å²) in [4.78, 5) is 0. The quantitative estimate of drug-likeness (QED) is 0.561. The van der Waals surface area contributed by atoms with E-state index in [4.69, 9.17) is 5.84 Å². The second-order valence-electron chi connectivity index (χ2n) is 4.17. The van der Waals surface area contributed by atoms with Crippen molar-refractivity contribution in [3.05, 3.63) is 53.6 Å². The van der Waals surface area contributed by atoms with Crippen LogP contribution in [0.5, 0.6) is 0 Å². The molecule has 3 rings (SSSR count). The van der Waals surface area contributed by atoms with Gasteiger partial charge in [0.2, 0.25) is 0 Å². The molecule has 0 radical (unpaired) electrons. The number of nitrogen functional groups attached to an aromatic ring is 1. The lowest BCUT2D eigenvalue weighted by Crippen LogP contribution is -2.09. The molecule has 16 heavy (non-hydrogen) atoms. The molecule has 0 atom stereocenters. The smallest absolute Gasteiger partial charge is 0.0488 e. The van der Waals surface area contributed by atoms with Crippen LogP contribution in [-0.4, -0.2) is 0 Å². The van der Waals surface area contributed by atoms with Crippen LogP contribution >= 0.6 is 0 Å². The number of fused-ring (bicyclic) bond motifs is 3. The van der Waals surface area contributed by atoms with E-state index in [2.05, 4.69) is 41.8 Å². The Bertz CT molecular complexity index is 532. The fraction of sp³-hybridized carbons (Fsp3) is 0.143. The van der Waals surface area contributed by atoms with Gasteiger partial charge in [0.15, 0.2) is 0 Å². The Morgan fingerprint density at radius 2 is 1.62 bits per heavy atom. The zero-order valence-corrected chi connectivity index (χ0v) is 9.03. The molecule has 0 aliphatic heterocycles. The Kier molecular flexibility index (Phi) is 2.15. The Labute approximate surface area is 95.1 Å². The molecule has 0 unspecified atom stereocenters. The third-order valence-corrected chi connectivity index (χ3v) is 3.24. The fourth-order valence-corrected chi connectivity index (χ4v) is 2.42. The number of aryl methyl sites for hydroxylation is 2. The summed E-state index contributed by atoms with van der Waals surface area (Å²) in [6, 6.07) is 15.0. The third-order valence-electron chi connectivity index (χ3n) is 3.24. The number of anilines is 1. The van der Waals surface area contributed by atoms with Crippen LogP contribution in [0.25, 0.3) is 11.1 Å². The number of hydrogen-bond donors (Lipinski definition) is 2. The number of rotatable bonds is 1. The maximum atomic E-state index is 5.43. The molecule has 0 spiro atoms. The van der Waals surface area contributed by atoms with Crippen LogP contribution in [0.2, 0.25) is 0 Å². The van der Waals surface area contributed by atoms with Crippen LogP contribution in [0.3, 0.4) is 0 Å². The van der Waals surface area contributed by atoms with E-state index in [1.807, 2.05) is 6.07 Å². The zero-order valence-electron chi connectivity index (χ0n) is 9.03. The predicted octanol–water partition coefficient (Wildman–Crippen LogP) is 2.74. The number of nitrogens with one attached hydrogen (secondary N) is 1. The second kappa shape index (κ2) is 3.65. The maximum Gasteiger partial charge on any atom is 0.0488 e. The van der Waals surface area contributed by atoms with Gasteiger partial charge in [0.25, 0.3) is 0 Å². The lowest BCUT2D eigenvalue weighted by atomic mass is 9.85. The molecule has 0 saturated carbocycles. The van der Waals surface area contributed by atoms with Crippen molar-refractivity contribution in [1.29, 1.82) is 0 Å². The van der Waals surface area contributed by atoms with Gasteiger partial charge in [0.05, 0.1) is 0 Å². The largest absolute Gasteiger partial charge is 0.324 e. The van der Waals surface area contributed by atoms with Crippen molar-refractivity contribution in [3.8, 4) is 11.1 Å². The van der Waals surface area contributed by atoms with Crippen molar-refractivity contribution in [1.82, 2.24) is 0 Å². The van der Waals surface area contributed by atoms with Crippen LogP contribution in [0.15, 0.2) is 42.5 Å². The topological polar surface area (TPSA) is 38.0 Å². The predicted molar refractivity (Wildman–Crippen MR) is 67.1 cm³/mol. The van der Waals surface area contributed by atoms with Gasteiger partial charge in [-0.05, 0) is 47.2 Å². The maximum absolute atomic E-state index is 5.43. The number of hydrogen-bond acceptors (Lipinski definition) is 2. The first-order valence-electron chi connectivity index (χ1n) is 5.56. The number of hydrazine groups is 1. The van der Waals surface area contributed by atoms with Gasteiger partial charge in [0.1, 0.15) is 0 Å². The molecular weight excluding hydrogens is 196 g/mol. The first-order chi connectivity index (χ1) is 7.88. The van der Waals surface area contributed by atoms with E-state index in [1.165, 1.54) is 22.3 Å². The number of benzene rings is 2. The summed E-state index contributed by atoms with van der Waals surface area (Å²) >= 11 is 0. The summed E-state index contributed by atoms with van der Waals surface area (Å²) in [5.74, 6) is 5.43. The molecule has 80 valence electrons. The lowest BCUT2D eigenvalue weighted by molar-refractivity contribution is 0.942. The standard InChI is InChI=1S/C14H14N2/c15-16-12-7-8-14-11(9-12)6-5-10-3-1-2-4-13(10)14/h1-4,7-9,16H,5-6,15H2. The molecule has 0 heterocycles. The summed E-state index contributed by atoms with van der Waals surface area (Å²) in [7, 11) is 0. The highest BCUT2D eigenvalue weighted by atomic mass is 15.2. The molecule has 0 bridgehead atoms. The SMILES string of the molecule is NNc1ccc2c(c1)CCc1ccccc1-2. The van der Waals surface area contributed by atoms with Gasteiger partial charge in [-0.2, -0.15) is 0 Å². The van der Waals surface area contributed by atoms with Crippen LogP contribution in [0.4, 0.5) is 5.69 Å². The van der Waals surface area contributed by atoms with Crippen molar-refractivity contribution in [3.63, 3.8) is 0 Å². The third kappa shape index (κ3) is 1.39. The van der Waals surface area contributed by atoms with Gasteiger partial charge in [-0.15, -0.1) is 0 Å². The second-order valence-corrected chi connectivity index (χ2v) is 4.17. The van der Waals surface area contributed by atoms with Gasteiger partial charge in [-0.3, -0.25) is 5.84 Å². The molecule has 2 heteroatoms. The van der Waals surface area contributed by atoms with Gasteiger partial charge in [0, 0.05) is 5.69 Å². The zero-order chi connectivity index (χ0) is 11.0. The number of nitrogens with two attached hydrogens (primary N) is 1. The summed E-state index contributed by atoms with van der Waals surface area (Å²) in [6.07, 6.45) is 2.22. The summed E-state index contributed by atoms with van der Waals surface area (Å²) in [5, 5.41) is 0. The first kappa shape index (κ1) is 9.43. The van der Waals surface area contributed by atoms with Crippen LogP contribution in [-0.2, 0) is 12.8 Å². The van der Waals surface area contributed by atoms with E-state index < -0.39 is 0 Å². The molecule has 2 aromatic rings. The van der Waals surface area contributed by atoms with E-state index in [0.29, 0.717) is 0 Å². The van der Waals surface area contributed by atoms with Crippen molar-refractivity contribution >= 4 is 5.69 Å². The van der Waals surface area contributed by atoms with Crippen LogP contribution in [0, 0.1) is 0 Å². The molecule has 0 aromatic heterocycles. The molecule has 0 amide bonds. The highest BCUT2D eigenvalue weighted by molar-refractivity contribution is 5.75. The molecule has 1 aliphatic carbocycles. The Hall–Kier alpha value is -1.80. The monoisotopic (exact) mass is 210 g/mol. The normalized spacial score (nSPS) is 12.8. The van der Waals surface area contributed by atoms with Gasteiger partial charge < -0.3 is 5.43 Å².